The fourth-order valence-electron chi connectivity index (χ4n) is 3.58. The van der Waals surface area contributed by atoms with Gasteiger partial charge >= 0.3 is 0 Å². The minimum Gasteiger partial charge on any atom is -0.489 e. The Morgan fingerprint density at radius 2 is 1.94 bits per heavy atom. The lowest BCUT2D eigenvalue weighted by atomic mass is 9.90. The van der Waals surface area contributed by atoms with Crippen molar-refractivity contribution in [3.8, 4) is 5.75 Å². The summed E-state index contributed by atoms with van der Waals surface area (Å²) in [4.78, 5) is 17.2. The van der Waals surface area contributed by atoms with Crippen molar-refractivity contribution in [2.24, 2.45) is 5.92 Å². The number of sulfonamides is 1. The third-order valence-electron chi connectivity index (χ3n) is 5.70. The van der Waals surface area contributed by atoms with Gasteiger partial charge in [-0.2, -0.15) is 4.31 Å². The van der Waals surface area contributed by atoms with Gasteiger partial charge in [0.2, 0.25) is 10.0 Å². The minimum absolute atomic E-state index is 0.0751. The number of nitrogens with zero attached hydrogens (tertiary/aromatic N) is 2. The molecule has 0 radical (unpaired) electrons. The number of carbonyl (C=O) groups is 1. The summed E-state index contributed by atoms with van der Waals surface area (Å²) in [6.45, 7) is 4.19. The number of nitrogens with one attached hydrogen (secondary N) is 1. The SMILES string of the molecule is CC(C)N(C)S(=O)(=O)c1cccc(C(=O)Nc2ncccc2OCC2CCCCC2)c1. The van der Waals surface area contributed by atoms with E-state index in [2.05, 4.69) is 10.3 Å². The summed E-state index contributed by atoms with van der Waals surface area (Å²) in [6.07, 6.45) is 7.65. The summed E-state index contributed by atoms with van der Waals surface area (Å²) in [5.74, 6) is 0.934. The maximum atomic E-state index is 12.8. The van der Waals surface area contributed by atoms with Crippen molar-refractivity contribution in [2.75, 3.05) is 19.0 Å². The van der Waals surface area contributed by atoms with E-state index < -0.39 is 15.9 Å². The van der Waals surface area contributed by atoms with E-state index in [1.165, 1.54) is 42.7 Å². The molecule has 8 heteroatoms. The van der Waals surface area contributed by atoms with E-state index in [1.54, 1.807) is 44.3 Å². The third kappa shape index (κ3) is 5.83. The number of carbonyl (C=O) groups excluding carboxylic acids is 1. The zero-order valence-electron chi connectivity index (χ0n) is 18.4. The molecule has 3 rings (SSSR count). The highest BCUT2D eigenvalue weighted by molar-refractivity contribution is 7.89. The largest absolute Gasteiger partial charge is 0.489 e. The highest BCUT2D eigenvalue weighted by Gasteiger charge is 2.24. The molecular formula is C23H31N3O4S. The van der Waals surface area contributed by atoms with Crippen LogP contribution < -0.4 is 10.1 Å². The lowest BCUT2D eigenvalue weighted by Gasteiger charge is -2.22. The highest BCUT2D eigenvalue weighted by Crippen LogP contribution is 2.27. The Balaban J connectivity index is 1.73. The first-order valence-electron chi connectivity index (χ1n) is 10.8. The average molecular weight is 446 g/mol. The first kappa shape index (κ1) is 23.2. The lowest BCUT2D eigenvalue weighted by molar-refractivity contribution is 0.102. The molecule has 1 heterocycles. The van der Waals surface area contributed by atoms with Gasteiger partial charge in [0.1, 0.15) is 0 Å². The van der Waals surface area contributed by atoms with Gasteiger partial charge in [0.25, 0.3) is 5.91 Å². The van der Waals surface area contributed by atoms with E-state index in [4.69, 9.17) is 4.74 Å². The first-order valence-corrected chi connectivity index (χ1v) is 12.2. The van der Waals surface area contributed by atoms with Gasteiger partial charge in [0, 0.05) is 24.8 Å². The Kier molecular flexibility index (Phi) is 7.67. The first-order chi connectivity index (χ1) is 14.8. The average Bonchev–Trinajstić information content (AvgIpc) is 2.78. The monoisotopic (exact) mass is 445 g/mol. The van der Waals surface area contributed by atoms with Gasteiger partial charge in [-0.05, 0) is 62.9 Å². The van der Waals surface area contributed by atoms with Gasteiger partial charge in [0.05, 0.1) is 11.5 Å². The number of rotatable bonds is 8. The fourth-order valence-corrected chi connectivity index (χ4v) is 5.00. The zero-order valence-corrected chi connectivity index (χ0v) is 19.2. The molecule has 0 saturated heterocycles. The van der Waals surface area contributed by atoms with Crippen LogP contribution in [0, 0.1) is 5.92 Å². The third-order valence-corrected chi connectivity index (χ3v) is 7.73. The maximum absolute atomic E-state index is 12.8. The van der Waals surface area contributed by atoms with Crippen molar-refractivity contribution < 1.29 is 17.9 Å². The van der Waals surface area contributed by atoms with Crippen LogP contribution in [0.2, 0.25) is 0 Å². The molecule has 0 aliphatic heterocycles. The predicted octanol–water partition coefficient (Wildman–Crippen LogP) is 4.32. The summed E-state index contributed by atoms with van der Waals surface area (Å²) in [6, 6.07) is 9.37. The molecule has 1 N–H and O–H groups in total. The number of amides is 1. The van der Waals surface area contributed by atoms with Crippen LogP contribution in [0.25, 0.3) is 0 Å². The Labute approximate surface area is 184 Å². The van der Waals surface area contributed by atoms with Crippen LogP contribution in [0.5, 0.6) is 5.75 Å². The molecule has 0 bridgehead atoms. The van der Waals surface area contributed by atoms with E-state index in [0.717, 1.165) is 12.8 Å². The van der Waals surface area contributed by atoms with Crippen LogP contribution >= 0.6 is 0 Å². The zero-order chi connectivity index (χ0) is 22.4. The molecule has 31 heavy (non-hydrogen) atoms. The minimum atomic E-state index is -3.68. The Morgan fingerprint density at radius 1 is 1.19 bits per heavy atom. The molecule has 0 unspecified atom stereocenters. The van der Waals surface area contributed by atoms with Crippen LogP contribution in [0.3, 0.4) is 0 Å². The quantitative estimate of drug-likeness (QED) is 0.654. The van der Waals surface area contributed by atoms with Gasteiger partial charge in [-0.15, -0.1) is 0 Å². The molecule has 0 atom stereocenters. The smallest absolute Gasteiger partial charge is 0.256 e. The van der Waals surface area contributed by atoms with Crippen LogP contribution in [0.15, 0.2) is 47.5 Å². The Morgan fingerprint density at radius 3 is 2.65 bits per heavy atom. The summed E-state index contributed by atoms with van der Waals surface area (Å²) >= 11 is 0. The van der Waals surface area contributed by atoms with Gasteiger partial charge in [-0.1, -0.05) is 25.3 Å². The van der Waals surface area contributed by atoms with Gasteiger partial charge < -0.3 is 10.1 Å². The highest BCUT2D eigenvalue weighted by atomic mass is 32.2. The summed E-state index contributed by atoms with van der Waals surface area (Å²) in [5.41, 5.74) is 0.238. The number of anilines is 1. The fraction of sp³-hybridized carbons (Fsp3) is 0.478. The van der Waals surface area contributed by atoms with E-state index >= 15 is 0 Å². The van der Waals surface area contributed by atoms with Crippen LogP contribution in [-0.4, -0.2) is 43.3 Å². The normalized spacial score (nSPS) is 15.3. The standard InChI is InChI=1S/C23H31N3O4S/c1-17(2)26(3)31(28,29)20-12-7-11-19(15-20)23(27)25-22-21(13-8-14-24-22)30-16-18-9-5-4-6-10-18/h7-8,11-15,17-18H,4-6,9-10,16H2,1-3H3,(H,24,25,27). The van der Waals surface area contributed by atoms with Crippen molar-refractivity contribution in [1.82, 2.24) is 9.29 Å². The topological polar surface area (TPSA) is 88.6 Å². The molecule has 1 saturated carbocycles. The Bertz CT molecular complexity index is 1000. The predicted molar refractivity (Wildman–Crippen MR) is 121 cm³/mol. The van der Waals surface area contributed by atoms with Crippen molar-refractivity contribution in [2.45, 2.75) is 56.9 Å². The van der Waals surface area contributed by atoms with Crippen LogP contribution in [0.4, 0.5) is 5.82 Å². The van der Waals surface area contributed by atoms with Gasteiger partial charge in [-0.3, -0.25) is 4.79 Å². The van der Waals surface area contributed by atoms with Crippen LogP contribution in [-0.2, 0) is 10.0 Å². The molecule has 0 spiro atoms. The molecule has 1 aliphatic rings. The number of hydrogen-bond donors (Lipinski definition) is 1. The second-order valence-electron chi connectivity index (χ2n) is 8.26. The van der Waals surface area contributed by atoms with Gasteiger partial charge in [-0.25, -0.2) is 13.4 Å². The number of hydrogen-bond acceptors (Lipinski definition) is 5. The van der Waals surface area contributed by atoms with Crippen molar-refractivity contribution in [1.29, 1.82) is 0 Å². The second-order valence-corrected chi connectivity index (χ2v) is 10.3. The number of pyridine rings is 1. The molecule has 1 fully saturated rings. The van der Waals surface area contributed by atoms with E-state index in [1.807, 2.05) is 0 Å². The summed E-state index contributed by atoms with van der Waals surface area (Å²) < 4.78 is 32.8. The molecule has 2 aromatic rings. The lowest BCUT2D eigenvalue weighted by Crippen LogP contribution is -2.33. The number of ether oxygens (including phenoxy) is 1. The Hall–Kier alpha value is -2.45. The van der Waals surface area contributed by atoms with Crippen molar-refractivity contribution >= 4 is 21.7 Å². The maximum Gasteiger partial charge on any atom is 0.256 e. The molecule has 7 nitrogen and oxygen atoms in total. The van der Waals surface area contributed by atoms with Crippen LogP contribution in [0.1, 0.15) is 56.3 Å². The van der Waals surface area contributed by atoms with E-state index in [-0.39, 0.29) is 16.5 Å². The van der Waals surface area contributed by atoms with Crippen molar-refractivity contribution in [3.05, 3.63) is 48.2 Å². The molecule has 1 amide bonds. The molecule has 1 aromatic carbocycles. The molecule has 168 valence electrons. The second kappa shape index (κ2) is 10.2. The van der Waals surface area contributed by atoms with Gasteiger partial charge in [0.15, 0.2) is 11.6 Å². The van der Waals surface area contributed by atoms with E-state index in [0.29, 0.717) is 24.1 Å². The number of aromatic nitrogens is 1. The van der Waals surface area contributed by atoms with E-state index in [9.17, 15) is 13.2 Å². The molecular weight excluding hydrogens is 414 g/mol. The summed E-state index contributed by atoms with van der Waals surface area (Å²) in [7, 11) is -2.16. The summed E-state index contributed by atoms with van der Waals surface area (Å²) in [5, 5.41) is 2.76. The number of benzene rings is 1. The molecule has 1 aromatic heterocycles. The molecule has 1 aliphatic carbocycles. The van der Waals surface area contributed by atoms with Crippen molar-refractivity contribution in [3.63, 3.8) is 0 Å².